The monoisotopic (exact) mass is 452 g/mol. The van der Waals surface area contributed by atoms with Gasteiger partial charge in [0.2, 0.25) is 5.95 Å². The van der Waals surface area contributed by atoms with Crippen molar-refractivity contribution in [3.8, 4) is 11.4 Å². The van der Waals surface area contributed by atoms with Gasteiger partial charge >= 0.3 is 0 Å². The number of fused-ring (bicyclic) bond motifs is 3. The van der Waals surface area contributed by atoms with Gasteiger partial charge in [-0.3, -0.25) is 4.79 Å². The van der Waals surface area contributed by atoms with Crippen molar-refractivity contribution < 1.29 is 9.21 Å². The highest BCUT2D eigenvalue weighted by Crippen LogP contribution is 2.31. The molecule has 8 nitrogen and oxygen atoms in total. The molecule has 1 aliphatic heterocycles. The predicted octanol–water partition coefficient (Wildman–Crippen LogP) is 4.20. The van der Waals surface area contributed by atoms with E-state index in [2.05, 4.69) is 45.5 Å². The summed E-state index contributed by atoms with van der Waals surface area (Å²) in [6.45, 7) is 5.98. The molecule has 1 fully saturated rings. The topological polar surface area (TPSA) is 79.8 Å². The SMILES string of the molecule is Cc1ccccc1-c1nnc2c3ccccc3nc(N3CCN(C(=O)c4ccco4)[C@@H](C)C3)n12. The van der Waals surface area contributed by atoms with Crippen LogP contribution in [0, 0.1) is 6.92 Å². The smallest absolute Gasteiger partial charge is 0.289 e. The van der Waals surface area contributed by atoms with Crippen LogP contribution in [0.15, 0.2) is 71.3 Å². The molecular formula is C26H24N6O2. The van der Waals surface area contributed by atoms with Crippen molar-refractivity contribution in [2.24, 2.45) is 0 Å². The molecule has 6 rings (SSSR count). The molecule has 1 saturated heterocycles. The number of aromatic nitrogens is 4. The first-order valence-corrected chi connectivity index (χ1v) is 11.4. The van der Waals surface area contributed by atoms with Gasteiger partial charge in [-0.15, -0.1) is 10.2 Å². The Bertz CT molecular complexity index is 1510. The normalized spacial score (nSPS) is 16.5. The summed E-state index contributed by atoms with van der Waals surface area (Å²) in [4.78, 5) is 22.1. The van der Waals surface area contributed by atoms with E-state index in [9.17, 15) is 4.79 Å². The van der Waals surface area contributed by atoms with Crippen LogP contribution in [-0.2, 0) is 0 Å². The summed E-state index contributed by atoms with van der Waals surface area (Å²) in [5.41, 5.74) is 3.79. The molecular weight excluding hydrogens is 428 g/mol. The second-order valence-corrected chi connectivity index (χ2v) is 8.70. The van der Waals surface area contributed by atoms with Crippen LogP contribution in [-0.4, -0.2) is 56.1 Å². The summed E-state index contributed by atoms with van der Waals surface area (Å²) < 4.78 is 7.40. The molecule has 0 radical (unpaired) electrons. The molecule has 0 saturated carbocycles. The van der Waals surface area contributed by atoms with Gasteiger partial charge in [-0.05, 0) is 43.7 Å². The zero-order valence-corrected chi connectivity index (χ0v) is 19.0. The molecule has 2 aromatic carbocycles. The molecule has 0 N–H and O–H groups in total. The van der Waals surface area contributed by atoms with Crippen molar-refractivity contribution in [1.82, 2.24) is 24.5 Å². The number of amides is 1. The Hall–Kier alpha value is -4.20. The van der Waals surface area contributed by atoms with Crippen molar-refractivity contribution in [2.75, 3.05) is 24.5 Å². The zero-order chi connectivity index (χ0) is 23.2. The van der Waals surface area contributed by atoms with Crippen molar-refractivity contribution in [3.05, 3.63) is 78.3 Å². The fraction of sp³-hybridized carbons (Fsp3) is 0.231. The van der Waals surface area contributed by atoms with Gasteiger partial charge < -0.3 is 14.2 Å². The van der Waals surface area contributed by atoms with E-state index in [1.165, 1.54) is 6.26 Å². The minimum Gasteiger partial charge on any atom is -0.459 e. The van der Waals surface area contributed by atoms with Crippen molar-refractivity contribution in [2.45, 2.75) is 19.9 Å². The molecule has 3 aromatic heterocycles. The summed E-state index contributed by atoms with van der Waals surface area (Å²) in [5.74, 6) is 1.84. The Morgan fingerprint density at radius 3 is 2.62 bits per heavy atom. The van der Waals surface area contributed by atoms with Crippen LogP contribution in [0.3, 0.4) is 0 Å². The zero-order valence-electron chi connectivity index (χ0n) is 19.0. The van der Waals surface area contributed by atoms with Crippen LogP contribution >= 0.6 is 0 Å². The molecule has 8 heteroatoms. The summed E-state index contributed by atoms with van der Waals surface area (Å²) >= 11 is 0. The third-order valence-corrected chi connectivity index (χ3v) is 6.52. The maximum absolute atomic E-state index is 12.9. The number of nitrogens with zero attached hydrogens (tertiary/aromatic N) is 6. The van der Waals surface area contributed by atoms with Crippen LogP contribution in [0.2, 0.25) is 0 Å². The number of piperazine rings is 1. The third kappa shape index (κ3) is 3.22. The Kier molecular flexibility index (Phi) is 4.79. The fourth-order valence-corrected chi connectivity index (χ4v) is 4.76. The number of hydrogen-bond donors (Lipinski definition) is 0. The number of aryl methyl sites for hydroxylation is 1. The molecule has 1 amide bonds. The average molecular weight is 453 g/mol. The molecule has 0 unspecified atom stereocenters. The molecule has 4 heterocycles. The second-order valence-electron chi connectivity index (χ2n) is 8.70. The van der Waals surface area contributed by atoms with E-state index in [-0.39, 0.29) is 11.9 Å². The average Bonchev–Trinajstić information content (AvgIpc) is 3.54. The Labute approximate surface area is 196 Å². The number of anilines is 1. The minimum absolute atomic E-state index is 0.0203. The lowest BCUT2D eigenvalue weighted by Gasteiger charge is -2.40. The van der Waals surface area contributed by atoms with E-state index in [4.69, 9.17) is 9.40 Å². The van der Waals surface area contributed by atoms with Crippen molar-refractivity contribution in [1.29, 1.82) is 0 Å². The quantitative estimate of drug-likeness (QED) is 0.408. The van der Waals surface area contributed by atoms with E-state index < -0.39 is 0 Å². The number of para-hydroxylation sites is 1. The highest BCUT2D eigenvalue weighted by molar-refractivity contribution is 5.94. The van der Waals surface area contributed by atoms with Gasteiger partial charge in [-0.1, -0.05) is 36.4 Å². The fourth-order valence-electron chi connectivity index (χ4n) is 4.76. The lowest BCUT2D eigenvalue weighted by Crippen LogP contribution is -2.54. The van der Waals surface area contributed by atoms with Gasteiger partial charge in [0, 0.05) is 36.6 Å². The van der Waals surface area contributed by atoms with Crippen LogP contribution in [0.4, 0.5) is 5.95 Å². The van der Waals surface area contributed by atoms with E-state index in [0.717, 1.165) is 39.4 Å². The number of rotatable bonds is 3. The summed E-state index contributed by atoms with van der Waals surface area (Å²) in [6.07, 6.45) is 1.53. The molecule has 1 atom stereocenters. The molecule has 34 heavy (non-hydrogen) atoms. The van der Waals surface area contributed by atoms with Gasteiger partial charge in [0.15, 0.2) is 17.2 Å². The van der Waals surface area contributed by atoms with E-state index >= 15 is 0 Å². The van der Waals surface area contributed by atoms with Crippen LogP contribution in [0.25, 0.3) is 27.9 Å². The minimum atomic E-state index is -0.0846. The van der Waals surface area contributed by atoms with Crippen LogP contribution in [0.1, 0.15) is 23.0 Å². The lowest BCUT2D eigenvalue weighted by molar-refractivity contribution is 0.0640. The first-order valence-electron chi connectivity index (χ1n) is 11.4. The first-order chi connectivity index (χ1) is 16.6. The molecule has 170 valence electrons. The van der Waals surface area contributed by atoms with E-state index in [1.807, 2.05) is 41.3 Å². The maximum Gasteiger partial charge on any atom is 0.289 e. The van der Waals surface area contributed by atoms with Gasteiger partial charge in [0.1, 0.15) is 0 Å². The van der Waals surface area contributed by atoms with E-state index in [0.29, 0.717) is 25.4 Å². The summed E-state index contributed by atoms with van der Waals surface area (Å²) in [6, 6.07) is 19.6. The number of carbonyl (C=O) groups is 1. The standard InChI is InChI=1S/C26H24N6O2/c1-17-8-3-4-9-19(17)23-28-29-24-20-10-5-6-11-21(20)27-26(32(23)24)30-13-14-31(18(2)16-30)25(33)22-12-7-15-34-22/h3-12,15,18H,13-14,16H2,1-2H3/t18-/m0/s1. The lowest BCUT2D eigenvalue weighted by atomic mass is 10.1. The molecule has 1 aliphatic rings. The molecule has 0 bridgehead atoms. The first kappa shape index (κ1) is 20.4. The Balaban J connectivity index is 1.46. The molecule has 0 aliphatic carbocycles. The van der Waals surface area contributed by atoms with E-state index in [1.54, 1.807) is 12.1 Å². The Morgan fingerprint density at radius 1 is 1.00 bits per heavy atom. The predicted molar refractivity (Wildman–Crippen MR) is 130 cm³/mol. The maximum atomic E-state index is 12.9. The highest BCUT2D eigenvalue weighted by atomic mass is 16.3. The van der Waals surface area contributed by atoms with Crippen LogP contribution < -0.4 is 4.90 Å². The highest BCUT2D eigenvalue weighted by Gasteiger charge is 2.32. The van der Waals surface area contributed by atoms with Gasteiger partial charge in [0.25, 0.3) is 5.91 Å². The summed E-state index contributed by atoms with van der Waals surface area (Å²) in [7, 11) is 0. The Morgan fingerprint density at radius 2 is 1.82 bits per heavy atom. The number of benzene rings is 2. The van der Waals surface area contributed by atoms with Crippen molar-refractivity contribution >= 4 is 28.4 Å². The van der Waals surface area contributed by atoms with Gasteiger partial charge in [-0.2, -0.15) is 0 Å². The third-order valence-electron chi connectivity index (χ3n) is 6.52. The molecule has 5 aromatic rings. The number of carbonyl (C=O) groups excluding carboxylic acids is 1. The van der Waals surface area contributed by atoms with Gasteiger partial charge in [0.05, 0.1) is 11.8 Å². The number of furan rings is 1. The summed E-state index contributed by atoms with van der Waals surface area (Å²) in [5, 5.41) is 10.1. The largest absolute Gasteiger partial charge is 0.459 e. The van der Waals surface area contributed by atoms with Crippen molar-refractivity contribution in [3.63, 3.8) is 0 Å². The van der Waals surface area contributed by atoms with Gasteiger partial charge in [-0.25, -0.2) is 9.38 Å². The number of hydrogen-bond acceptors (Lipinski definition) is 6. The van der Waals surface area contributed by atoms with Crippen LogP contribution in [0.5, 0.6) is 0 Å². The molecule has 0 spiro atoms. The second kappa shape index (κ2) is 7.98.